The Kier molecular flexibility index (Phi) is 5.03. The molecule has 0 spiro atoms. The highest BCUT2D eigenvalue weighted by molar-refractivity contribution is 6.04. The number of aromatic nitrogens is 2. The van der Waals surface area contributed by atoms with Crippen LogP contribution in [0.1, 0.15) is 27.3 Å². The number of anilines is 2. The van der Waals surface area contributed by atoms with Crippen molar-refractivity contribution in [1.82, 2.24) is 14.7 Å². The smallest absolute Gasteiger partial charge is 0.321 e. The minimum absolute atomic E-state index is 0.181. The summed E-state index contributed by atoms with van der Waals surface area (Å²) in [5, 5.41) is 10.2. The van der Waals surface area contributed by atoms with E-state index in [1.807, 2.05) is 68.6 Å². The molecule has 7 nitrogen and oxygen atoms in total. The second-order valence-corrected chi connectivity index (χ2v) is 7.19. The predicted molar refractivity (Wildman–Crippen MR) is 112 cm³/mol. The van der Waals surface area contributed by atoms with E-state index in [2.05, 4.69) is 15.7 Å². The van der Waals surface area contributed by atoms with Crippen LogP contribution in [0, 0.1) is 6.92 Å². The number of rotatable bonds is 3. The number of urea groups is 1. The summed E-state index contributed by atoms with van der Waals surface area (Å²) in [7, 11) is 1.83. The van der Waals surface area contributed by atoms with Gasteiger partial charge in [0.2, 0.25) is 0 Å². The van der Waals surface area contributed by atoms with E-state index in [0.717, 1.165) is 22.5 Å². The van der Waals surface area contributed by atoms with Crippen molar-refractivity contribution >= 4 is 23.3 Å². The molecule has 0 bridgehead atoms. The number of aryl methyl sites for hydroxylation is 2. The van der Waals surface area contributed by atoms with Gasteiger partial charge in [-0.15, -0.1) is 0 Å². The zero-order chi connectivity index (χ0) is 20.4. The van der Waals surface area contributed by atoms with Gasteiger partial charge in [0.25, 0.3) is 5.91 Å². The molecule has 2 N–H and O–H groups in total. The molecule has 148 valence electrons. The van der Waals surface area contributed by atoms with Gasteiger partial charge >= 0.3 is 6.03 Å². The maximum absolute atomic E-state index is 12.8. The molecular formula is C22H23N5O2. The molecule has 7 heteroatoms. The lowest BCUT2D eigenvalue weighted by Gasteiger charge is -2.27. The molecule has 0 saturated carbocycles. The van der Waals surface area contributed by atoms with Crippen molar-refractivity contribution in [3.8, 4) is 0 Å². The van der Waals surface area contributed by atoms with E-state index in [4.69, 9.17) is 0 Å². The molecule has 0 atom stereocenters. The molecule has 29 heavy (non-hydrogen) atoms. The Bertz CT molecular complexity index is 1060. The van der Waals surface area contributed by atoms with Gasteiger partial charge in [0.1, 0.15) is 0 Å². The Morgan fingerprint density at radius 2 is 1.76 bits per heavy atom. The molecule has 0 fully saturated rings. The molecule has 3 amide bonds. The largest absolute Gasteiger partial charge is 0.322 e. The Labute approximate surface area is 169 Å². The van der Waals surface area contributed by atoms with E-state index in [0.29, 0.717) is 30.9 Å². The summed E-state index contributed by atoms with van der Waals surface area (Å²) in [6.45, 7) is 2.90. The highest BCUT2D eigenvalue weighted by Gasteiger charge is 2.29. The normalized spacial score (nSPS) is 13.0. The maximum Gasteiger partial charge on any atom is 0.322 e. The van der Waals surface area contributed by atoms with Gasteiger partial charge in [-0.2, -0.15) is 5.10 Å². The lowest BCUT2D eigenvalue weighted by Crippen LogP contribution is -2.39. The van der Waals surface area contributed by atoms with Gasteiger partial charge in [0.15, 0.2) is 5.69 Å². The molecule has 0 unspecified atom stereocenters. The molecule has 1 aliphatic rings. The third kappa shape index (κ3) is 3.99. The molecule has 0 radical (unpaired) electrons. The van der Waals surface area contributed by atoms with Crippen LogP contribution in [0.3, 0.4) is 0 Å². The average molecular weight is 389 g/mol. The molecule has 0 saturated heterocycles. The molecule has 0 aliphatic carbocycles. The van der Waals surface area contributed by atoms with Crippen LogP contribution in [0.2, 0.25) is 0 Å². The number of hydrogen-bond donors (Lipinski definition) is 2. The van der Waals surface area contributed by atoms with Crippen LogP contribution in [0.5, 0.6) is 0 Å². The van der Waals surface area contributed by atoms with Gasteiger partial charge in [0, 0.05) is 42.6 Å². The fourth-order valence-corrected chi connectivity index (χ4v) is 3.59. The van der Waals surface area contributed by atoms with Crippen molar-refractivity contribution in [1.29, 1.82) is 0 Å². The Balaban J connectivity index is 1.52. The number of hydrogen-bond acceptors (Lipinski definition) is 3. The number of nitrogens with one attached hydrogen (secondary N) is 2. The molecule has 4 rings (SSSR count). The Hall–Kier alpha value is -3.61. The number of carbonyl (C=O) groups excluding carboxylic acids is 2. The summed E-state index contributed by atoms with van der Waals surface area (Å²) in [4.78, 5) is 27.3. The van der Waals surface area contributed by atoms with Crippen LogP contribution in [0.4, 0.5) is 16.2 Å². The van der Waals surface area contributed by atoms with Gasteiger partial charge < -0.3 is 15.5 Å². The van der Waals surface area contributed by atoms with Crippen molar-refractivity contribution in [2.24, 2.45) is 7.05 Å². The summed E-state index contributed by atoms with van der Waals surface area (Å²) in [6, 6.07) is 16.8. The fourth-order valence-electron chi connectivity index (χ4n) is 3.59. The summed E-state index contributed by atoms with van der Waals surface area (Å²) in [5.41, 5.74) is 4.69. The molecule has 1 aromatic heterocycles. The van der Waals surface area contributed by atoms with E-state index < -0.39 is 0 Å². The Morgan fingerprint density at radius 1 is 1.00 bits per heavy atom. The number of para-hydroxylation sites is 1. The van der Waals surface area contributed by atoms with Crippen LogP contribution >= 0.6 is 0 Å². The van der Waals surface area contributed by atoms with E-state index in [-0.39, 0.29) is 11.9 Å². The number of fused-ring (bicyclic) bond motifs is 1. The first kappa shape index (κ1) is 18.7. The average Bonchev–Trinajstić information content (AvgIpc) is 3.05. The molecular weight excluding hydrogens is 366 g/mol. The third-order valence-corrected chi connectivity index (χ3v) is 5.05. The zero-order valence-electron chi connectivity index (χ0n) is 16.5. The Morgan fingerprint density at radius 3 is 2.52 bits per heavy atom. The summed E-state index contributed by atoms with van der Waals surface area (Å²) in [5.74, 6) is -0.269. The SMILES string of the molecule is Cc1cccc(NC(=O)N2CCc3c(c(C(=O)Nc4ccccc4)nn3C)C2)c1. The number of nitrogens with zero attached hydrogens (tertiary/aromatic N) is 3. The van der Waals surface area contributed by atoms with Gasteiger partial charge in [0.05, 0.1) is 6.54 Å². The molecule has 3 aromatic rings. The topological polar surface area (TPSA) is 79.3 Å². The van der Waals surface area contributed by atoms with E-state index >= 15 is 0 Å². The molecule has 2 aromatic carbocycles. The lowest BCUT2D eigenvalue weighted by molar-refractivity contribution is 0.101. The van der Waals surface area contributed by atoms with Gasteiger partial charge in [-0.25, -0.2) is 4.79 Å². The quantitative estimate of drug-likeness (QED) is 0.719. The first-order valence-electron chi connectivity index (χ1n) is 9.55. The summed E-state index contributed by atoms with van der Waals surface area (Å²) >= 11 is 0. The lowest BCUT2D eigenvalue weighted by atomic mass is 10.0. The zero-order valence-corrected chi connectivity index (χ0v) is 16.5. The van der Waals surface area contributed by atoms with Crippen molar-refractivity contribution in [3.05, 3.63) is 77.1 Å². The first-order valence-corrected chi connectivity index (χ1v) is 9.55. The number of carbonyl (C=O) groups is 2. The summed E-state index contributed by atoms with van der Waals surface area (Å²) in [6.07, 6.45) is 0.651. The van der Waals surface area contributed by atoms with Crippen LogP contribution in [0.15, 0.2) is 54.6 Å². The van der Waals surface area contributed by atoms with Crippen molar-refractivity contribution < 1.29 is 9.59 Å². The fraction of sp³-hybridized carbons (Fsp3) is 0.227. The highest BCUT2D eigenvalue weighted by Crippen LogP contribution is 2.24. The second-order valence-electron chi connectivity index (χ2n) is 7.19. The molecule has 1 aliphatic heterocycles. The van der Waals surface area contributed by atoms with Gasteiger partial charge in [-0.05, 0) is 36.8 Å². The molecule has 2 heterocycles. The maximum atomic E-state index is 12.8. The van der Waals surface area contributed by atoms with Gasteiger partial charge in [-0.3, -0.25) is 9.48 Å². The number of amides is 3. The van der Waals surface area contributed by atoms with Gasteiger partial charge in [-0.1, -0.05) is 30.3 Å². The van der Waals surface area contributed by atoms with Crippen LogP contribution < -0.4 is 10.6 Å². The van der Waals surface area contributed by atoms with Crippen LogP contribution in [-0.4, -0.2) is 33.2 Å². The van der Waals surface area contributed by atoms with E-state index in [1.54, 1.807) is 9.58 Å². The van der Waals surface area contributed by atoms with Crippen molar-refractivity contribution in [3.63, 3.8) is 0 Å². The van der Waals surface area contributed by atoms with E-state index in [1.165, 1.54) is 0 Å². The number of benzene rings is 2. The third-order valence-electron chi connectivity index (χ3n) is 5.05. The predicted octanol–water partition coefficient (Wildman–Crippen LogP) is 3.57. The summed E-state index contributed by atoms with van der Waals surface area (Å²) < 4.78 is 1.74. The minimum atomic E-state index is -0.269. The monoisotopic (exact) mass is 389 g/mol. The van der Waals surface area contributed by atoms with Crippen molar-refractivity contribution in [2.75, 3.05) is 17.2 Å². The van der Waals surface area contributed by atoms with E-state index in [9.17, 15) is 9.59 Å². The second kappa shape index (κ2) is 7.79. The van der Waals surface area contributed by atoms with Crippen molar-refractivity contribution in [2.45, 2.75) is 19.9 Å². The van der Waals surface area contributed by atoms with Crippen LogP contribution in [0.25, 0.3) is 0 Å². The minimum Gasteiger partial charge on any atom is -0.321 e. The standard InChI is InChI=1S/C22H23N5O2/c1-15-7-6-10-17(13-15)24-22(29)27-12-11-19-18(14-27)20(25-26(19)2)21(28)23-16-8-4-3-5-9-16/h3-10,13H,11-12,14H2,1-2H3,(H,23,28)(H,24,29). The first-order chi connectivity index (χ1) is 14.0. The highest BCUT2D eigenvalue weighted by atomic mass is 16.2. The van der Waals surface area contributed by atoms with Crippen LogP contribution in [-0.2, 0) is 20.0 Å².